The molecule has 0 aliphatic carbocycles. The third-order valence-corrected chi connectivity index (χ3v) is 4.20. The highest BCUT2D eigenvalue weighted by molar-refractivity contribution is 9.10. The molecule has 4 nitrogen and oxygen atoms in total. The minimum atomic E-state index is -0.514. The van der Waals surface area contributed by atoms with Gasteiger partial charge in [0.1, 0.15) is 0 Å². The van der Waals surface area contributed by atoms with Crippen LogP contribution in [-0.4, -0.2) is 18.5 Å². The Kier molecular flexibility index (Phi) is 5.33. The minimum absolute atomic E-state index is 0.317. The number of hydrogen-bond acceptors (Lipinski definition) is 3. The molecule has 0 spiro atoms. The first-order chi connectivity index (χ1) is 10.5. The van der Waals surface area contributed by atoms with Crippen LogP contribution in [0.4, 0.5) is 5.69 Å². The van der Waals surface area contributed by atoms with E-state index in [2.05, 4.69) is 21.2 Å². The van der Waals surface area contributed by atoms with E-state index in [-0.39, 0.29) is 12.5 Å². The van der Waals surface area contributed by atoms with Gasteiger partial charge in [-0.2, -0.15) is 0 Å². The Balaban J connectivity index is 1.94. The molecule has 22 heavy (non-hydrogen) atoms. The second-order valence-electron chi connectivity index (χ2n) is 4.84. The van der Waals surface area contributed by atoms with Gasteiger partial charge in [0, 0.05) is 10.2 Å². The highest BCUT2D eigenvalue weighted by Crippen LogP contribution is 2.25. The first-order valence-corrected chi connectivity index (χ1v) is 7.56. The standard InChI is InChI=1S/C17H16BrNO3/c1-11-12(2)15(9-8-14(11)18)19-16(20)10-22-17(21)13-6-4-3-5-7-13/h3-9H,10H2,1-2H3,(H,19,20). The van der Waals surface area contributed by atoms with E-state index in [0.29, 0.717) is 11.3 Å². The maximum absolute atomic E-state index is 11.9. The molecule has 114 valence electrons. The van der Waals surface area contributed by atoms with Gasteiger partial charge in [-0.1, -0.05) is 34.1 Å². The Morgan fingerprint density at radius 2 is 1.73 bits per heavy atom. The summed E-state index contributed by atoms with van der Waals surface area (Å²) >= 11 is 3.44. The second-order valence-corrected chi connectivity index (χ2v) is 5.69. The molecule has 0 fully saturated rings. The molecule has 2 rings (SSSR count). The van der Waals surface area contributed by atoms with Crippen molar-refractivity contribution >= 4 is 33.5 Å². The van der Waals surface area contributed by atoms with Gasteiger partial charge in [0.15, 0.2) is 6.61 Å². The Labute approximate surface area is 137 Å². The number of amides is 1. The first kappa shape index (κ1) is 16.2. The normalized spacial score (nSPS) is 10.1. The number of nitrogens with one attached hydrogen (secondary N) is 1. The summed E-state index contributed by atoms with van der Waals surface area (Å²) in [5.41, 5.74) is 3.16. The molecule has 2 aromatic rings. The third-order valence-electron chi connectivity index (χ3n) is 3.34. The predicted molar refractivity (Wildman–Crippen MR) is 89.0 cm³/mol. The topological polar surface area (TPSA) is 55.4 Å². The van der Waals surface area contributed by atoms with Gasteiger partial charge in [0.25, 0.3) is 5.91 Å². The molecule has 0 unspecified atom stereocenters. The molecular weight excluding hydrogens is 346 g/mol. The van der Waals surface area contributed by atoms with Gasteiger partial charge in [0.05, 0.1) is 5.56 Å². The average Bonchev–Trinajstić information content (AvgIpc) is 2.54. The van der Waals surface area contributed by atoms with Crippen molar-refractivity contribution in [3.8, 4) is 0 Å². The van der Waals surface area contributed by atoms with Gasteiger partial charge in [-0.25, -0.2) is 4.79 Å². The Morgan fingerprint density at radius 3 is 2.41 bits per heavy atom. The average molecular weight is 362 g/mol. The van der Waals surface area contributed by atoms with Gasteiger partial charge in [-0.3, -0.25) is 4.79 Å². The number of hydrogen-bond donors (Lipinski definition) is 1. The Morgan fingerprint density at radius 1 is 1.05 bits per heavy atom. The fraction of sp³-hybridized carbons (Fsp3) is 0.176. The molecule has 0 bridgehead atoms. The SMILES string of the molecule is Cc1c(Br)ccc(NC(=O)COC(=O)c2ccccc2)c1C. The Hall–Kier alpha value is -2.14. The van der Waals surface area contributed by atoms with E-state index in [1.165, 1.54) is 0 Å². The van der Waals surface area contributed by atoms with Crippen LogP contribution in [0.1, 0.15) is 21.5 Å². The van der Waals surface area contributed by atoms with E-state index < -0.39 is 5.97 Å². The van der Waals surface area contributed by atoms with E-state index >= 15 is 0 Å². The predicted octanol–water partition coefficient (Wildman–Crippen LogP) is 3.86. The van der Waals surface area contributed by atoms with Crippen molar-refractivity contribution in [3.05, 3.63) is 63.6 Å². The maximum atomic E-state index is 11.9. The van der Waals surface area contributed by atoms with Crippen LogP contribution in [0.15, 0.2) is 46.9 Å². The molecule has 0 aliphatic heterocycles. The number of anilines is 1. The van der Waals surface area contributed by atoms with Gasteiger partial charge in [0.2, 0.25) is 0 Å². The van der Waals surface area contributed by atoms with Crippen molar-refractivity contribution in [2.45, 2.75) is 13.8 Å². The summed E-state index contributed by atoms with van der Waals surface area (Å²) in [7, 11) is 0. The molecule has 2 aromatic carbocycles. The molecular formula is C17H16BrNO3. The second kappa shape index (κ2) is 7.22. The summed E-state index contributed by atoms with van der Waals surface area (Å²) in [6, 6.07) is 12.2. The summed E-state index contributed by atoms with van der Waals surface area (Å²) in [6.45, 7) is 3.57. The Bertz CT molecular complexity index is 699. The molecule has 0 saturated carbocycles. The minimum Gasteiger partial charge on any atom is -0.452 e. The van der Waals surface area contributed by atoms with Gasteiger partial charge < -0.3 is 10.1 Å². The highest BCUT2D eigenvalue weighted by Gasteiger charge is 2.11. The van der Waals surface area contributed by atoms with E-state index in [1.807, 2.05) is 32.0 Å². The number of benzene rings is 2. The van der Waals surface area contributed by atoms with Gasteiger partial charge >= 0.3 is 5.97 Å². The molecule has 5 heteroatoms. The number of carbonyl (C=O) groups excluding carboxylic acids is 2. The summed E-state index contributed by atoms with van der Waals surface area (Å²) in [5.74, 6) is -0.881. The van der Waals surface area contributed by atoms with Crippen LogP contribution in [0, 0.1) is 13.8 Å². The van der Waals surface area contributed by atoms with E-state index in [1.54, 1.807) is 24.3 Å². The zero-order valence-electron chi connectivity index (χ0n) is 12.4. The molecule has 0 atom stereocenters. The number of rotatable bonds is 4. The van der Waals surface area contributed by atoms with Gasteiger partial charge in [-0.15, -0.1) is 0 Å². The maximum Gasteiger partial charge on any atom is 0.338 e. The molecule has 0 saturated heterocycles. The lowest BCUT2D eigenvalue weighted by Crippen LogP contribution is -2.21. The van der Waals surface area contributed by atoms with Crippen LogP contribution in [0.5, 0.6) is 0 Å². The van der Waals surface area contributed by atoms with Crippen LogP contribution in [0.3, 0.4) is 0 Å². The number of halogens is 1. The molecule has 0 radical (unpaired) electrons. The lowest BCUT2D eigenvalue weighted by Gasteiger charge is -2.12. The summed E-state index contributed by atoms with van der Waals surface area (Å²) in [6.07, 6.45) is 0. The van der Waals surface area contributed by atoms with Crippen LogP contribution >= 0.6 is 15.9 Å². The summed E-state index contributed by atoms with van der Waals surface area (Å²) in [4.78, 5) is 23.7. The number of ether oxygens (including phenoxy) is 1. The van der Waals surface area contributed by atoms with Crippen LogP contribution in [0.2, 0.25) is 0 Å². The summed E-state index contributed by atoms with van der Waals surface area (Å²) < 4.78 is 5.98. The fourth-order valence-electron chi connectivity index (χ4n) is 1.90. The third kappa shape index (κ3) is 3.95. The highest BCUT2D eigenvalue weighted by atomic mass is 79.9. The van der Waals surface area contributed by atoms with Crippen molar-refractivity contribution in [1.29, 1.82) is 0 Å². The van der Waals surface area contributed by atoms with Crippen molar-refractivity contribution < 1.29 is 14.3 Å². The zero-order valence-corrected chi connectivity index (χ0v) is 13.9. The molecule has 1 N–H and O–H groups in total. The van der Waals surface area contributed by atoms with Crippen LogP contribution in [-0.2, 0) is 9.53 Å². The van der Waals surface area contributed by atoms with E-state index in [4.69, 9.17) is 4.74 Å². The largest absolute Gasteiger partial charge is 0.452 e. The first-order valence-electron chi connectivity index (χ1n) is 6.76. The molecule has 1 amide bonds. The molecule has 0 aliphatic rings. The van der Waals surface area contributed by atoms with Crippen molar-refractivity contribution in [2.24, 2.45) is 0 Å². The quantitative estimate of drug-likeness (QED) is 0.841. The van der Waals surface area contributed by atoms with E-state index in [9.17, 15) is 9.59 Å². The lowest BCUT2D eigenvalue weighted by atomic mass is 10.1. The van der Waals surface area contributed by atoms with Crippen molar-refractivity contribution in [2.75, 3.05) is 11.9 Å². The van der Waals surface area contributed by atoms with Crippen molar-refractivity contribution in [3.63, 3.8) is 0 Å². The zero-order chi connectivity index (χ0) is 16.1. The molecule has 0 heterocycles. The van der Waals surface area contributed by atoms with E-state index in [0.717, 1.165) is 15.6 Å². The van der Waals surface area contributed by atoms with Gasteiger partial charge in [-0.05, 0) is 49.2 Å². The molecule has 0 aromatic heterocycles. The lowest BCUT2D eigenvalue weighted by molar-refractivity contribution is -0.119. The smallest absolute Gasteiger partial charge is 0.338 e. The van der Waals surface area contributed by atoms with Crippen molar-refractivity contribution in [1.82, 2.24) is 0 Å². The number of esters is 1. The fourth-order valence-corrected chi connectivity index (χ4v) is 2.33. The summed E-state index contributed by atoms with van der Waals surface area (Å²) in [5, 5.41) is 2.75. The van der Waals surface area contributed by atoms with Crippen LogP contribution < -0.4 is 5.32 Å². The number of carbonyl (C=O) groups is 2. The monoisotopic (exact) mass is 361 g/mol. The van der Waals surface area contributed by atoms with Crippen LogP contribution in [0.25, 0.3) is 0 Å².